The first kappa shape index (κ1) is 13.7. The van der Waals surface area contributed by atoms with E-state index in [1.165, 1.54) is 18.9 Å². The van der Waals surface area contributed by atoms with E-state index in [-0.39, 0.29) is 11.2 Å². The zero-order valence-corrected chi connectivity index (χ0v) is 11.2. The Morgan fingerprint density at radius 1 is 1.56 bits per heavy atom. The van der Waals surface area contributed by atoms with E-state index in [9.17, 15) is 9.59 Å². The van der Waals surface area contributed by atoms with Crippen molar-refractivity contribution in [3.05, 3.63) is 0 Å². The summed E-state index contributed by atoms with van der Waals surface area (Å²) in [6, 6.07) is -0.392. The van der Waals surface area contributed by atoms with Gasteiger partial charge in [0, 0.05) is 11.5 Å². The Morgan fingerprint density at radius 2 is 2.31 bits per heavy atom. The van der Waals surface area contributed by atoms with E-state index in [0.29, 0.717) is 11.6 Å². The highest BCUT2D eigenvalue weighted by Gasteiger charge is 2.35. The van der Waals surface area contributed by atoms with Crippen LogP contribution >= 0.6 is 23.5 Å². The molecule has 1 aliphatic heterocycles. The van der Waals surface area contributed by atoms with Crippen molar-refractivity contribution in [3.8, 4) is 0 Å². The molecular weight excluding hydrogens is 246 g/mol. The average Bonchev–Trinajstić information content (AvgIpc) is 2.77. The number of rotatable bonds is 4. The monoisotopic (exact) mass is 263 g/mol. The van der Waals surface area contributed by atoms with Gasteiger partial charge < -0.3 is 9.64 Å². The minimum absolute atomic E-state index is 0.00569. The van der Waals surface area contributed by atoms with Crippen LogP contribution in [0.1, 0.15) is 19.8 Å². The van der Waals surface area contributed by atoms with E-state index in [1.807, 2.05) is 0 Å². The number of hydrogen-bond acceptors (Lipinski definition) is 5. The number of ether oxygens (including phenoxy) is 1. The maximum absolute atomic E-state index is 11.8. The third-order valence-corrected chi connectivity index (χ3v) is 4.30. The number of carbonyl (C=O) groups excluding carboxylic acids is 2. The van der Waals surface area contributed by atoms with Crippen LogP contribution in [0.25, 0.3) is 0 Å². The summed E-state index contributed by atoms with van der Waals surface area (Å²) in [4.78, 5) is 24.8. The fourth-order valence-corrected chi connectivity index (χ4v) is 3.53. The fraction of sp³-hybridized carbons (Fsp3) is 0.800. The summed E-state index contributed by atoms with van der Waals surface area (Å²) in [5, 5.41) is -0.00569. The van der Waals surface area contributed by atoms with Gasteiger partial charge in [-0.05, 0) is 6.42 Å². The second-order valence-corrected chi connectivity index (χ2v) is 5.52. The zero-order valence-electron chi connectivity index (χ0n) is 9.60. The van der Waals surface area contributed by atoms with Gasteiger partial charge in [0.05, 0.1) is 13.0 Å². The molecule has 1 heterocycles. The van der Waals surface area contributed by atoms with Crippen LogP contribution in [-0.2, 0) is 9.53 Å². The summed E-state index contributed by atoms with van der Waals surface area (Å²) >= 11 is 2.89. The van der Waals surface area contributed by atoms with Crippen LogP contribution in [0.2, 0.25) is 0 Å². The van der Waals surface area contributed by atoms with E-state index in [2.05, 4.69) is 11.7 Å². The average molecular weight is 263 g/mol. The Morgan fingerprint density at radius 3 is 2.94 bits per heavy atom. The van der Waals surface area contributed by atoms with Gasteiger partial charge in [0.25, 0.3) is 5.24 Å². The van der Waals surface area contributed by atoms with Crippen molar-refractivity contribution in [2.75, 3.05) is 24.5 Å². The van der Waals surface area contributed by atoms with Crippen LogP contribution in [0, 0.1) is 0 Å². The molecule has 1 aliphatic rings. The lowest BCUT2D eigenvalue weighted by Gasteiger charge is -2.20. The maximum atomic E-state index is 11.8. The first-order valence-corrected chi connectivity index (χ1v) is 7.43. The Kier molecular flexibility index (Phi) is 6.05. The summed E-state index contributed by atoms with van der Waals surface area (Å²) < 4.78 is 4.68. The second-order valence-electron chi connectivity index (χ2n) is 3.48. The second kappa shape index (κ2) is 7.06. The normalized spacial score (nSPS) is 19.9. The first-order valence-electron chi connectivity index (χ1n) is 5.29. The molecule has 16 heavy (non-hydrogen) atoms. The molecule has 0 spiro atoms. The molecule has 0 radical (unpaired) electrons. The van der Waals surface area contributed by atoms with Gasteiger partial charge in [-0.3, -0.25) is 4.79 Å². The van der Waals surface area contributed by atoms with Crippen LogP contribution in [0.15, 0.2) is 0 Å². The quantitative estimate of drug-likeness (QED) is 0.575. The molecule has 0 aliphatic carbocycles. The van der Waals surface area contributed by atoms with E-state index in [4.69, 9.17) is 0 Å². The molecule has 6 heteroatoms. The molecule has 1 saturated heterocycles. The zero-order chi connectivity index (χ0) is 12.0. The van der Waals surface area contributed by atoms with Crippen molar-refractivity contribution in [2.24, 2.45) is 0 Å². The lowest BCUT2D eigenvalue weighted by molar-refractivity contribution is -0.144. The molecule has 1 amide bonds. The standard InChI is InChI=1S/C10H17NO3S2/c1-3-4-5-16-10(13)11-7-15-6-8(11)9(12)14-2/h8H,3-7H2,1-2H3/t8-/m0/s1. The number of hydrogen-bond donors (Lipinski definition) is 0. The number of esters is 1. The lowest BCUT2D eigenvalue weighted by Crippen LogP contribution is -2.40. The first-order chi connectivity index (χ1) is 7.70. The van der Waals surface area contributed by atoms with E-state index in [1.54, 1.807) is 16.7 Å². The molecular formula is C10H17NO3S2. The molecule has 0 aromatic rings. The van der Waals surface area contributed by atoms with E-state index < -0.39 is 6.04 Å². The predicted molar refractivity (Wildman–Crippen MR) is 67.7 cm³/mol. The molecule has 4 nitrogen and oxygen atoms in total. The van der Waals surface area contributed by atoms with Crippen molar-refractivity contribution in [1.82, 2.24) is 4.90 Å². The summed E-state index contributed by atoms with van der Waals surface area (Å²) in [5.41, 5.74) is 0. The van der Waals surface area contributed by atoms with Crippen molar-refractivity contribution in [2.45, 2.75) is 25.8 Å². The summed E-state index contributed by atoms with van der Waals surface area (Å²) in [5.74, 6) is 1.75. The Balaban J connectivity index is 2.44. The number of methoxy groups -OCH3 is 1. The van der Waals surface area contributed by atoms with Gasteiger partial charge in [0.15, 0.2) is 0 Å². The summed E-state index contributed by atoms with van der Waals surface area (Å²) in [6.45, 7) is 2.09. The highest BCUT2D eigenvalue weighted by molar-refractivity contribution is 8.13. The van der Waals surface area contributed by atoms with Crippen molar-refractivity contribution in [3.63, 3.8) is 0 Å². The smallest absolute Gasteiger partial charge is 0.329 e. The minimum Gasteiger partial charge on any atom is -0.467 e. The van der Waals surface area contributed by atoms with Gasteiger partial charge in [-0.1, -0.05) is 25.1 Å². The molecule has 1 fully saturated rings. The molecule has 0 aromatic carbocycles. The molecule has 0 aromatic heterocycles. The lowest BCUT2D eigenvalue weighted by atomic mass is 10.3. The number of carbonyl (C=O) groups is 2. The molecule has 92 valence electrons. The van der Waals surface area contributed by atoms with Gasteiger partial charge in [-0.25, -0.2) is 4.79 Å². The van der Waals surface area contributed by atoms with Crippen molar-refractivity contribution < 1.29 is 14.3 Å². The fourth-order valence-electron chi connectivity index (χ4n) is 1.34. The molecule has 0 saturated carbocycles. The molecule has 0 unspecified atom stereocenters. The maximum Gasteiger partial charge on any atom is 0.329 e. The largest absolute Gasteiger partial charge is 0.467 e. The van der Waals surface area contributed by atoms with Crippen LogP contribution in [-0.4, -0.2) is 46.6 Å². The van der Waals surface area contributed by atoms with Crippen molar-refractivity contribution >= 4 is 34.7 Å². The minimum atomic E-state index is -0.392. The number of unbranched alkanes of at least 4 members (excludes halogenated alkanes) is 1. The Hall–Kier alpha value is -0.360. The number of nitrogens with zero attached hydrogens (tertiary/aromatic N) is 1. The van der Waals surface area contributed by atoms with Crippen molar-refractivity contribution in [1.29, 1.82) is 0 Å². The van der Waals surface area contributed by atoms with Crippen LogP contribution in [0.3, 0.4) is 0 Å². The molecule has 1 atom stereocenters. The Labute approximate surface area is 104 Å². The molecule has 0 bridgehead atoms. The van der Waals surface area contributed by atoms with Crippen LogP contribution in [0.4, 0.5) is 4.79 Å². The summed E-state index contributed by atoms with van der Waals surface area (Å²) in [7, 11) is 1.36. The SMILES string of the molecule is CCCCSC(=O)N1CSC[C@H]1C(=O)OC. The van der Waals surface area contributed by atoms with E-state index >= 15 is 0 Å². The highest BCUT2D eigenvalue weighted by atomic mass is 32.2. The van der Waals surface area contributed by atoms with Gasteiger partial charge in [0.1, 0.15) is 6.04 Å². The van der Waals surface area contributed by atoms with Gasteiger partial charge >= 0.3 is 5.97 Å². The van der Waals surface area contributed by atoms with Crippen LogP contribution in [0.5, 0.6) is 0 Å². The molecule has 0 N–H and O–H groups in total. The number of amides is 1. The third-order valence-electron chi connectivity index (χ3n) is 2.31. The third kappa shape index (κ3) is 3.59. The van der Waals surface area contributed by atoms with Gasteiger partial charge in [-0.15, -0.1) is 11.8 Å². The van der Waals surface area contributed by atoms with E-state index in [0.717, 1.165) is 18.6 Å². The molecule has 1 rings (SSSR count). The highest BCUT2D eigenvalue weighted by Crippen LogP contribution is 2.25. The predicted octanol–water partition coefficient (Wildman–Crippen LogP) is 2.19. The Bertz CT molecular complexity index is 260. The van der Waals surface area contributed by atoms with Crippen LogP contribution < -0.4 is 0 Å². The van der Waals surface area contributed by atoms with Gasteiger partial charge in [-0.2, -0.15) is 0 Å². The van der Waals surface area contributed by atoms with Gasteiger partial charge in [0.2, 0.25) is 0 Å². The number of thioether (sulfide) groups is 2. The topological polar surface area (TPSA) is 46.6 Å². The summed E-state index contributed by atoms with van der Waals surface area (Å²) in [6.07, 6.45) is 2.11.